The maximum absolute atomic E-state index is 12.8. The molecule has 1 amide bonds. The third-order valence-corrected chi connectivity index (χ3v) is 6.01. The summed E-state index contributed by atoms with van der Waals surface area (Å²) in [6, 6.07) is 25.0. The molecule has 0 bridgehead atoms. The molecule has 8 heteroatoms. The van der Waals surface area contributed by atoms with E-state index in [4.69, 9.17) is 9.47 Å². The fourth-order valence-corrected chi connectivity index (χ4v) is 4.15. The Labute approximate surface area is 235 Å². The number of nitrogens with zero attached hydrogens (tertiary/aromatic N) is 3. The van der Waals surface area contributed by atoms with E-state index in [1.807, 2.05) is 98.2 Å². The van der Waals surface area contributed by atoms with Crippen LogP contribution in [0.2, 0.25) is 0 Å². The summed E-state index contributed by atoms with van der Waals surface area (Å²) < 4.78 is 12.7. The van der Waals surface area contributed by atoms with Crippen molar-refractivity contribution < 1.29 is 19.1 Å². The first-order valence-electron chi connectivity index (χ1n) is 13.5. The van der Waals surface area contributed by atoms with E-state index >= 15 is 0 Å². The molecular weight excluding hydrogens is 504 g/mol. The minimum Gasteiger partial charge on any atom is -0.456 e. The summed E-state index contributed by atoms with van der Waals surface area (Å²) in [5.41, 5.74) is 3.61. The molecule has 3 aromatic carbocycles. The number of ether oxygens (including phenoxy) is 2. The van der Waals surface area contributed by atoms with Crippen LogP contribution in [0, 0.1) is 0 Å². The van der Waals surface area contributed by atoms with Crippen LogP contribution in [0.5, 0.6) is 0 Å². The number of esters is 1. The highest BCUT2D eigenvalue weighted by Gasteiger charge is 2.20. The molecule has 4 aromatic rings. The first-order valence-corrected chi connectivity index (χ1v) is 13.5. The summed E-state index contributed by atoms with van der Waals surface area (Å²) >= 11 is 0. The first kappa shape index (κ1) is 28.5. The van der Waals surface area contributed by atoms with Crippen LogP contribution < -0.4 is 5.32 Å². The smallest absolute Gasteiger partial charge is 0.407 e. The zero-order valence-electron chi connectivity index (χ0n) is 23.5. The molecule has 1 aromatic heterocycles. The Bertz CT molecular complexity index is 1420. The summed E-state index contributed by atoms with van der Waals surface area (Å²) in [5.74, 6) is 1.04. The van der Waals surface area contributed by atoms with Crippen molar-refractivity contribution in [3.8, 4) is 11.1 Å². The fourth-order valence-electron chi connectivity index (χ4n) is 4.15. The van der Waals surface area contributed by atoms with Gasteiger partial charge in [0.2, 0.25) is 0 Å². The summed E-state index contributed by atoms with van der Waals surface area (Å²) in [4.78, 5) is 29.7. The molecule has 0 saturated heterocycles. The minimum absolute atomic E-state index is 0.198. The van der Waals surface area contributed by atoms with Gasteiger partial charge >= 0.3 is 12.1 Å². The Morgan fingerprint density at radius 3 is 2.30 bits per heavy atom. The maximum atomic E-state index is 12.8. The Morgan fingerprint density at radius 2 is 1.60 bits per heavy atom. The molecule has 208 valence electrons. The number of hydrogen-bond acceptors (Lipinski definition) is 6. The van der Waals surface area contributed by atoms with Crippen molar-refractivity contribution in [2.75, 3.05) is 0 Å². The zero-order chi connectivity index (χ0) is 28.5. The van der Waals surface area contributed by atoms with Crippen molar-refractivity contribution in [2.45, 2.75) is 65.8 Å². The molecule has 0 aliphatic carbocycles. The van der Waals surface area contributed by atoms with Gasteiger partial charge in [-0.25, -0.2) is 19.3 Å². The molecule has 0 aliphatic heterocycles. The lowest BCUT2D eigenvalue weighted by molar-refractivity contribution is 0.00703. The van der Waals surface area contributed by atoms with Gasteiger partial charge in [-0.2, -0.15) is 5.10 Å². The minimum atomic E-state index is -0.576. The van der Waals surface area contributed by atoms with E-state index in [-0.39, 0.29) is 19.1 Å². The number of alkyl carbamates (subject to hydrolysis) is 1. The van der Waals surface area contributed by atoms with Crippen molar-refractivity contribution >= 4 is 12.1 Å². The quantitative estimate of drug-likeness (QED) is 0.236. The van der Waals surface area contributed by atoms with Gasteiger partial charge in [-0.15, -0.1) is 0 Å². The van der Waals surface area contributed by atoms with E-state index in [0.717, 1.165) is 40.9 Å². The van der Waals surface area contributed by atoms with Crippen molar-refractivity contribution in [1.29, 1.82) is 0 Å². The average molecular weight is 541 g/mol. The van der Waals surface area contributed by atoms with Crippen molar-refractivity contribution in [2.24, 2.45) is 0 Å². The molecule has 40 heavy (non-hydrogen) atoms. The monoisotopic (exact) mass is 540 g/mol. The van der Waals surface area contributed by atoms with Crippen LogP contribution >= 0.6 is 0 Å². The Kier molecular flexibility index (Phi) is 9.32. The van der Waals surface area contributed by atoms with Crippen LogP contribution in [0.1, 0.15) is 67.2 Å². The second-order valence-electron chi connectivity index (χ2n) is 10.5. The van der Waals surface area contributed by atoms with Gasteiger partial charge in [0.15, 0.2) is 5.82 Å². The van der Waals surface area contributed by atoms with Gasteiger partial charge in [0.05, 0.1) is 18.7 Å². The molecule has 1 N–H and O–H groups in total. The van der Waals surface area contributed by atoms with Gasteiger partial charge in [0, 0.05) is 6.42 Å². The first-order chi connectivity index (χ1) is 19.2. The molecule has 0 saturated carbocycles. The second kappa shape index (κ2) is 13.1. The number of aromatic nitrogens is 3. The van der Waals surface area contributed by atoms with E-state index in [1.165, 1.54) is 0 Å². The van der Waals surface area contributed by atoms with Crippen molar-refractivity contribution in [3.05, 3.63) is 107 Å². The molecular formula is C32H36N4O4. The van der Waals surface area contributed by atoms with E-state index in [9.17, 15) is 9.59 Å². The number of benzene rings is 3. The number of aryl methyl sites for hydroxylation is 1. The molecule has 8 nitrogen and oxygen atoms in total. The topological polar surface area (TPSA) is 95.3 Å². The molecule has 1 heterocycles. The lowest BCUT2D eigenvalue weighted by Crippen LogP contribution is -2.25. The second-order valence-corrected chi connectivity index (χ2v) is 10.5. The fraction of sp³-hybridized carbons (Fsp3) is 0.312. The number of amides is 1. The van der Waals surface area contributed by atoms with E-state index in [1.54, 1.807) is 6.07 Å². The van der Waals surface area contributed by atoms with Crippen LogP contribution in [0.25, 0.3) is 11.1 Å². The van der Waals surface area contributed by atoms with Crippen molar-refractivity contribution in [3.63, 3.8) is 0 Å². The highest BCUT2D eigenvalue weighted by molar-refractivity contribution is 5.97. The van der Waals surface area contributed by atoms with Gasteiger partial charge in [-0.1, -0.05) is 79.7 Å². The number of carbonyl (C=O) groups excluding carboxylic acids is 2. The Morgan fingerprint density at radius 1 is 0.900 bits per heavy atom. The van der Waals surface area contributed by atoms with Crippen molar-refractivity contribution in [1.82, 2.24) is 20.1 Å². The van der Waals surface area contributed by atoms with Crippen LogP contribution in [0.3, 0.4) is 0 Å². The third-order valence-electron chi connectivity index (χ3n) is 6.01. The van der Waals surface area contributed by atoms with Crippen LogP contribution in [-0.2, 0) is 35.6 Å². The molecule has 0 aliphatic rings. The lowest BCUT2D eigenvalue weighted by Gasteiger charge is -2.20. The number of carbonyl (C=O) groups is 2. The number of rotatable bonds is 10. The van der Waals surface area contributed by atoms with E-state index in [2.05, 4.69) is 22.3 Å². The lowest BCUT2D eigenvalue weighted by atomic mass is 9.98. The summed E-state index contributed by atoms with van der Waals surface area (Å²) in [5, 5.41) is 7.46. The predicted octanol–water partition coefficient (Wildman–Crippen LogP) is 6.33. The highest BCUT2D eigenvalue weighted by Crippen LogP contribution is 2.26. The zero-order valence-corrected chi connectivity index (χ0v) is 23.5. The maximum Gasteiger partial charge on any atom is 0.407 e. The standard InChI is InChI=1S/C32H36N4O4/c1-5-11-28-34-29(20-33-31(38)39-22-24-12-7-6-8-13-24)36(35-28)21-23-16-18-25(19-17-23)26-14-9-10-15-27(26)30(37)40-32(2,3)4/h6-10,12-19H,5,11,20-22H2,1-4H3,(H,33,38). The highest BCUT2D eigenvalue weighted by atomic mass is 16.6. The van der Waals surface area contributed by atoms with Gasteiger partial charge in [0.1, 0.15) is 18.0 Å². The summed E-state index contributed by atoms with van der Waals surface area (Å²) in [6.45, 7) is 8.53. The predicted molar refractivity (Wildman–Crippen MR) is 154 cm³/mol. The number of nitrogens with one attached hydrogen (secondary N) is 1. The number of hydrogen-bond donors (Lipinski definition) is 1. The summed E-state index contributed by atoms with van der Waals surface area (Å²) in [6.07, 6.45) is 1.16. The van der Waals surface area contributed by atoms with Crippen LogP contribution in [0.4, 0.5) is 4.79 Å². The molecule has 0 fully saturated rings. The molecule has 0 radical (unpaired) electrons. The average Bonchev–Trinajstić information content (AvgIpc) is 3.31. The van der Waals surface area contributed by atoms with Gasteiger partial charge in [-0.05, 0) is 55.5 Å². The summed E-state index contributed by atoms with van der Waals surface area (Å²) in [7, 11) is 0. The van der Waals surface area contributed by atoms with E-state index < -0.39 is 11.7 Å². The van der Waals surface area contributed by atoms with E-state index in [0.29, 0.717) is 17.9 Å². The normalized spacial score (nSPS) is 11.2. The van der Waals surface area contributed by atoms with Crippen LogP contribution in [0.15, 0.2) is 78.9 Å². The third kappa shape index (κ3) is 8.02. The Balaban J connectivity index is 1.44. The Hall–Kier alpha value is -4.46. The van der Waals surface area contributed by atoms with Crippen LogP contribution in [-0.4, -0.2) is 32.4 Å². The van der Waals surface area contributed by atoms with Gasteiger partial charge in [0.25, 0.3) is 0 Å². The molecule has 0 atom stereocenters. The van der Waals surface area contributed by atoms with Gasteiger partial charge in [-0.3, -0.25) is 0 Å². The molecule has 4 rings (SSSR count). The molecule has 0 unspecified atom stereocenters. The SMILES string of the molecule is CCCc1nc(CNC(=O)OCc2ccccc2)n(Cc2ccc(-c3ccccc3C(=O)OC(C)(C)C)cc2)n1. The van der Waals surface area contributed by atoms with Gasteiger partial charge < -0.3 is 14.8 Å². The molecule has 0 spiro atoms. The largest absolute Gasteiger partial charge is 0.456 e.